The van der Waals surface area contributed by atoms with Gasteiger partial charge < -0.3 is 18.9 Å². The number of terminal acetylenes is 1. The Morgan fingerprint density at radius 3 is 2.46 bits per heavy atom. The number of hydrogen-bond donors (Lipinski definition) is 0. The Bertz CT molecular complexity index is 1290. The Kier molecular flexibility index (Phi) is 6.58. The summed E-state index contributed by atoms with van der Waals surface area (Å²) in [6.45, 7) is -0.479. The van der Waals surface area contributed by atoms with Gasteiger partial charge in [0.1, 0.15) is 23.3 Å². The number of ether oxygens (including phenoxy) is 2. The molecule has 1 aliphatic heterocycles. The third kappa shape index (κ3) is 5.57. The molecule has 1 saturated carbocycles. The monoisotopic (exact) mass is 518 g/mol. The first kappa shape index (κ1) is 25.1. The van der Waals surface area contributed by atoms with Crippen molar-refractivity contribution in [3.05, 3.63) is 65.4 Å². The average molecular weight is 518 g/mol. The first-order valence-corrected chi connectivity index (χ1v) is 11.8. The van der Waals surface area contributed by atoms with E-state index < -0.39 is 30.7 Å². The zero-order valence-electron chi connectivity index (χ0n) is 19.6. The van der Waals surface area contributed by atoms with E-state index in [9.17, 15) is 13.2 Å². The fraction of sp³-hybridized carbons (Fsp3) is 0.370. The van der Waals surface area contributed by atoms with Crippen LogP contribution in [0.2, 0.25) is 0 Å². The maximum Gasteiger partial charge on any atom is 0.573 e. The van der Waals surface area contributed by atoms with Gasteiger partial charge in [-0.15, -0.1) is 19.6 Å². The molecule has 0 amide bonds. The van der Waals surface area contributed by atoms with E-state index in [0.29, 0.717) is 29.1 Å². The highest BCUT2D eigenvalue weighted by molar-refractivity contribution is 5.70. The summed E-state index contributed by atoms with van der Waals surface area (Å²) in [5, 5.41) is 3.99. The molecule has 1 atom stereocenters. The molecule has 1 aromatic heterocycles. The van der Waals surface area contributed by atoms with Gasteiger partial charge >= 0.3 is 6.36 Å². The Morgan fingerprint density at radius 2 is 1.81 bits per heavy atom. The molecule has 194 valence electrons. The Balaban J connectivity index is 1.35. The SMILES string of the molecule is C#Cc1ccc(N2CCC(OCc3c(-c4ccccc4OC(F)(F)F)noc3C3CC3)C(F)(F)C2)cc1. The van der Waals surface area contributed by atoms with Crippen LogP contribution in [0.5, 0.6) is 5.75 Å². The highest BCUT2D eigenvalue weighted by Gasteiger charge is 2.46. The second kappa shape index (κ2) is 9.71. The molecule has 0 N–H and O–H groups in total. The smallest absolute Gasteiger partial charge is 0.405 e. The highest BCUT2D eigenvalue weighted by atomic mass is 19.4. The number of halogens is 5. The van der Waals surface area contributed by atoms with Gasteiger partial charge in [-0.1, -0.05) is 23.2 Å². The number of piperidine rings is 1. The van der Waals surface area contributed by atoms with E-state index >= 15 is 8.78 Å². The van der Waals surface area contributed by atoms with Gasteiger partial charge in [0.05, 0.1) is 13.2 Å². The van der Waals surface area contributed by atoms with Gasteiger partial charge in [0.15, 0.2) is 0 Å². The lowest BCUT2D eigenvalue weighted by Gasteiger charge is -2.39. The van der Waals surface area contributed by atoms with Crippen molar-refractivity contribution in [2.24, 2.45) is 0 Å². The molecule has 0 spiro atoms. The number of benzene rings is 2. The summed E-state index contributed by atoms with van der Waals surface area (Å²) in [4.78, 5) is 1.57. The van der Waals surface area contributed by atoms with Crippen LogP contribution in [0.15, 0.2) is 53.1 Å². The van der Waals surface area contributed by atoms with Gasteiger partial charge in [-0.05, 0) is 55.7 Å². The summed E-state index contributed by atoms with van der Waals surface area (Å²) in [5.41, 5.74) is 1.80. The second-order valence-electron chi connectivity index (χ2n) is 9.15. The largest absolute Gasteiger partial charge is 0.573 e. The maximum absolute atomic E-state index is 15.1. The van der Waals surface area contributed by atoms with Crippen molar-refractivity contribution in [2.45, 2.75) is 50.2 Å². The van der Waals surface area contributed by atoms with Crippen molar-refractivity contribution in [1.29, 1.82) is 0 Å². The number of anilines is 1. The third-order valence-electron chi connectivity index (χ3n) is 6.50. The van der Waals surface area contributed by atoms with E-state index in [2.05, 4.69) is 15.8 Å². The second-order valence-corrected chi connectivity index (χ2v) is 9.15. The minimum absolute atomic E-state index is 0.0314. The van der Waals surface area contributed by atoms with Crippen LogP contribution in [-0.4, -0.2) is 36.6 Å². The van der Waals surface area contributed by atoms with E-state index in [1.54, 1.807) is 29.2 Å². The molecule has 2 fully saturated rings. The summed E-state index contributed by atoms with van der Waals surface area (Å²) < 4.78 is 84.5. The zero-order valence-corrected chi connectivity index (χ0v) is 19.6. The molecular weight excluding hydrogens is 495 g/mol. The lowest BCUT2D eigenvalue weighted by atomic mass is 10.0. The molecule has 10 heteroatoms. The predicted molar refractivity (Wildman–Crippen MR) is 125 cm³/mol. The first-order valence-electron chi connectivity index (χ1n) is 11.8. The summed E-state index contributed by atoms with van der Waals surface area (Å²) in [6.07, 6.45) is 0.749. The van der Waals surface area contributed by atoms with E-state index in [-0.39, 0.29) is 30.2 Å². The Labute approximate surface area is 210 Å². The topological polar surface area (TPSA) is 47.7 Å². The lowest BCUT2D eigenvalue weighted by Crippen LogP contribution is -2.52. The highest BCUT2D eigenvalue weighted by Crippen LogP contribution is 2.46. The van der Waals surface area contributed by atoms with Crippen LogP contribution < -0.4 is 9.64 Å². The molecular formula is C27H23F5N2O3. The van der Waals surface area contributed by atoms with Gasteiger partial charge in [0.2, 0.25) is 0 Å². The van der Waals surface area contributed by atoms with E-state index in [0.717, 1.165) is 12.8 Å². The number of nitrogens with zero attached hydrogens (tertiary/aromatic N) is 2. The number of alkyl halides is 5. The van der Waals surface area contributed by atoms with Gasteiger partial charge in [0, 0.05) is 34.8 Å². The van der Waals surface area contributed by atoms with Gasteiger partial charge in [0.25, 0.3) is 5.92 Å². The van der Waals surface area contributed by atoms with Gasteiger partial charge in [-0.3, -0.25) is 0 Å². The molecule has 5 rings (SSSR count). The van der Waals surface area contributed by atoms with Crippen molar-refractivity contribution >= 4 is 5.69 Å². The van der Waals surface area contributed by atoms with E-state index in [1.807, 2.05) is 0 Å². The third-order valence-corrected chi connectivity index (χ3v) is 6.50. The van der Waals surface area contributed by atoms with Crippen LogP contribution in [0.25, 0.3) is 11.3 Å². The van der Waals surface area contributed by atoms with Gasteiger partial charge in [-0.2, -0.15) is 0 Å². The van der Waals surface area contributed by atoms with E-state index in [4.69, 9.17) is 15.7 Å². The molecule has 3 aromatic rings. The molecule has 1 saturated heterocycles. The standard InChI is InChI=1S/C27H23F5N2O3/c1-2-17-7-11-19(12-8-17)34-14-13-23(26(28,29)16-34)35-15-21-24(33-37-25(21)18-9-10-18)20-5-3-4-6-22(20)36-27(30,31)32/h1,3-8,11-12,18,23H,9-10,13-16H2. The van der Waals surface area contributed by atoms with Crippen LogP contribution >= 0.6 is 0 Å². The number of rotatable bonds is 7. The zero-order chi connectivity index (χ0) is 26.2. The van der Waals surface area contributed by atoms with Crippen LogP contribution in [0.1, 0.15) is 42.1 Å². The molecule has 2 heterocycles. The average Bonchev–Trinajstić information content (AvgIpc) is 3.62. The molecule has 37 heavy (non-hydrogen) atoms. The summed E-state index contributed by atoms with van der Waals surface area (Å²) in [6, 6.07) is 12.3. The Hall–Kier alpha value is -3.58. The van der Waals surface area contributed by atoms with Crippen molar-refractivity contribution in [1.82, 2.24) is 5.16 Å². The first-order chi connectivity index (χ1) is 17.6. The summed E-state index contributed by atoms with van der Waals surface area (Å²) in [5.74, 6) is -0.650. The molecule has 0 bridgehead atoms. The number of hydrogen-bond acceptors (Lipinski definition) is 5. The fourth-order valence-corrected chi connectivity index (χ4v) is 4.51. The fourth-order valence-electron chi connectivity index (χ4n) is 4.51. The quantitative estimate of drug-likeness (QED) is 0.263. The van der Waals surface area contributed by atoms with E-state index in [1.165, 1.54) is 24.3 Å². The number of aromatic nitrogens is 1. The van der Waals surface area contributed by atoms with Crippen LogP contribution in [-0.2, 0) is 11.3 Å². The Morgan fingerprint density at radius 1 is 1.08 bits per heavy atom. The predicted octanol–water partition coefficient (Wildman–Crippen LogP) is 6.53. The molecule has 2 aliphatic rings. The lowest BCUT2D eigenvalue weighted by molar-refractivity contribution is -0.274. The molecule has 1 unspecified atom stereocenters. The van der Waals surface area contributed by atoms with Crippen molar-refractivity contribution < 1.29 is 35.9 Å². The molecule has 2 aromatic carbocycles. The molecule has 1 aliphatic carbocycles. The van der Waals surface area contributed by atoms with Gasteiger partial charge in [-0.25, -0.2) is 8.78 Å². The van der Waals surface area contributed by atoms with Crippen molar-refractivity contribution in [3.8, 4) is 29.4 Å². The summed E-state index contributed by atoms with van der Waals surface area (Å²) in [7, 11) is 0. The van der Waals surface area contributed by atoms with Crippen LogP contribution in [0, 0.1) is 12.3 Å². The van der Waals surface area contributed by atoms with Crippen molar-refractivity contribution in [2.75, 3.05) is 18.0 Å². The maximum atomic E-state index is 15.1. The number of para-hydroxylation sites is 1. The normalized spacial score (nSPS) is 19.5. The van der Waals surface area contributed by atoms with Crippen LogP contribution in [0.3, 0.4) is 0 Å². The minimum Gasteiger partial charge on any atom is -0.405 e. The van der Waals surface area contributed by atoms with Crippen molar-refractivity contribution in [3.63, 3.8) is 0 Å². The molecule has 0 radical (unpaired) electrons. The summed E-state index contributed by atoms with van der Waals surface area (Å²) >= 11 is 0. The molecule has 5 nitrogen and oxygen atoms in total. The minimum atomic E-state index is -4.91. The van der Waals surface area contributed by atoms with Crippen LogP contribution in [0.4, 0.5) is 27.6 Å².